The van der Waals surface area contributed by atoms with Crippen LogP contribution >= 0.6 is 0 Å². The number of anilines is 1. The molecule has 2 aromatic carbocycles. The van der Waals surface area contributed by atoms with Crippen LogP contribution in [0.15, 0.2) is 41.2 Å². The minimum absolute atomic E-state index is 0.185. The van der Waals surface area contributed by atoms with Crippen molar-refractivity contribution in [2.24, 2.45) is 0 Å². The Labute approximate surface area is 123 Å². The average molecular weight is 297 g/mol. The highest BCUT2D eigenvalue weighted by atomic mass is 16.7. The normalized spacial score (nSPS) is 12.5. The summed E-state index contributed by atoms with van der Waals surface area (Å²) < 4.78 is 10.5. The number of aromatic nitrogens is 2. The fourth-order valence-electron chi connectivity index (χ4n) is 2.35. The van der Waals surface area contributed by atoms with E-state index in [4.69, 9.17) is 9.47 Å². The summed E-state index contributed by atoms with van der Waals surface area (Å²) >= 11 is 0. The first-order valence-electron chi connectivity index (χ1n) is 6.62. The standard InChI is InChI=1S/C15H11N3O4/c19-14(8-1-3-10-11(5-8)18-15(20)17-10)16-9-2-4-12-13(6-9)22-7-21-12/h1-6H,7H2,(H,16,19)(H2,17,18,20). The molecule has 22 heavy (non-hydrogen) atoms. The molecule has 0 atom stereocenters. The quantitative estimate of drug-likeness (QED) is 0.672. The Bertz CT molecular complexity index is 941. The maximum absolute atomic E-state index is 12.3. The molecular formula is C15H11N3O4. The number of hydrogen-bond acceptors (Lipinski definition) is 4. The second-order valence-electron chi connectivity index (χ2n) is 4.86. The summed E-state index contributed by atoms with van der Waals surface area (Å²) in [6.07, 6.45) is 0. The minimum atomic E-state index is -0.302. The van der Waals surface area contributed by atoms with E-state index in [-0.39, 0.29) is 18.4 Å². The molecule has 2 heterocycles. The zero-order valence-electron chi connectivity index (χ0n) is 11.3. The molecule has 0 saturated heterocycles. The first-order chi connectivity index (χ1) is 10.7. The largest absolute Gasteiger partial charge is 0.454 e. The van der Waals surface area contributed by atoms with Gasteiger partial charge >= 0.3 is 5.69 Å². The Morgan fingerprint density at radius 1 is 1.00 bits per heavy atom. The number of H-pyrrole nitrogens is 2. The lowest BCUT2D eigenvalue weighted by molar-refractivity contribution is 0.102. The van der Waals surface area contributed by atoms with Crippen LogP contribution in [0, 0.1) is 0 Å². The summed E-state index contributed by atoms with van der Waals surface area (Å²) in [5.74, 6) is 0.982. The molecule has 0 fully saturated rings. The number of amides is 1. The summed E-state index contributed by atoms with van der Waals surface area (Å²) in [6.45, 7) is 0.185. The van der Waals surface area contributed by atoms with Gasteiger partial charge in [0, 0.05) is 17.3 Å². The molecule has 0 spiro atoms. The molecule has 110 valence electrons. The van der Waals surface area contributed by atoms with E-state index in [1.165, 1.54) is 0 Å². The summed E-state index contributed by atoms with van der Waals surface area (Å²) in [6, 6.07) is 10.1. The van der Waals surface area contributed by atoms with E-state index in [0.29, 0.717) is 33.8 Å². The molecular weight excluding hydrogens is 286 g/mol. The Morgan fingerprint density at radius 2 is 1.82 bits per heavy atom. The van der Waals surface area contributed by atoms with E-state index >= 15 is 0 Å². The van der Waals surface area contributed by atoms with E-state index in [1.807, 2.05) is 0 Å². The van der Waals surface area contributed by atoms with Gasteiger partial charge in [0.25, 0.3) is 5.91 Å². The molecule has 0 radical (unpaired) electrons. The van der Waals surface area contributed by atoms with Crippen molar-refractivity contribution >= 4 is 22.6 Å². The lowest BCUT2D eigenvalue weighted by Gasteiger charge is -2.06. The number of imidazole rings is 1. The molecule has 3 aromatic rings. The highest BCUT2D eigenvalue weighted by Gasteiger charge is 2.15. The molecule has 3 N–H and O–H groups in total. The van der Waals surface area contributed by atoms with Gasteiger partial charge in [0.15, 0.2) is 11.5 Å². The molecule has 0 unspecified atom stereocenters. The van der Waals surface area contributed by atoms with Crippen molar-refractivity contribution in [2.75, 3.05) is 12.1 Å². The van der Waals surface area contributed by atoms with Gasteiger partial charge in [-0.15, -0.1) is 0 Å². The van der Waals surface area contributed by atoms with Crippen LogP contribution in [-0.2, 0) is 0 Å². The van der Waals surface area contributed by atoms with Crippen LogP contribution in [0.5, 0.6) is 11.5 Å². The monoisotopic (exact) mass is 297 g/mol. The van der Waals surface area contributed by atoms with Crippen molar-refractivity contribution in [3.63, 3.8) is 0 Å². The highest BCUT2D eigenvalue weighted by Crippen LogP contribution is 2.34. The third-order valence-electron chi connectivity index (χ3n) is 3.41. The number of benzene rings is 2. The number of ether oxygens (including phenoxy) is 2. The molecule has 4 rings (SSSR count). The third-order valence-corrected chi connectivity index (χ3v) is 3.41. The van der Waals surface area contributed by atoms with Gasteiger partial charge < -0.3 is 24.8 Å². The Kier molecular flexibility index (Phi) is 2.65. The second-order valence-corrected chi connectivity index (χ2v) is 4.86. The average Bonchev–Trinajstić information content (AvgIpc) is 3.10. The summed E-state index contributed by atoms with van der Waals surface area (Å²) in [4.78, 5) is 28.8. The molecule has 1 aromatic heterocycles. The van der Waals surface area contributed by atoms with Gasteiger partial charge in [0.1, 0.15) is 0 Å². The van der Waals surface area contributed by atoms with Crippen molar-refractivity contribution < 1.29 is 14.3 Å². The van der Waals surface area contributed by atoms with Gasteiger partial charge in [-0.2, -0.15) is 0 Å². The molecule has 7 heteroatoms. The summed E-state index contributed by atoms with van der Waals surface area (Å²) in [7, 11) is 0. The van der Waals surface area contributed by atoms with Crippen molar-refractivity contribution in [2.45, 2.75) is 0 Å². The molecule has 7 nitrogen and oxygen atoms in total. The molecule has 1 aliphatic rings. The Morgan fingerprint density at radius 3 is 2.73 bits per heavy atom. The number of hydrogen-bond donors (Lipinski definition) is 3. The first kappa shape index (κ1) is 12.5. The summed E-state index contributed by atoms with van der Waals surface area (Å²) in [5, 5.41) is 2.78. The Balaban J connectivity index is 1.61. The van der Waals surface area contributed by atoms with E-state index in [0.717, 1.165) is 0 Å². The number of carbonyl (C=O) groups excluding carboxylic acids is 1. The van der Waals surface area contributed by atoms with Crippen molar-refractivity contribution in [1.82, 2.24) is 9.97 Å². The zero-order chi connectivity index (χ0) is 15.1. The van der Waals surface area contributed by atoms with Crippen LogP contribution in [0.2, 0.25) is 0 Å². The van der Waals surface area contributed by atoms with Gasteiger partial charge in [-0.1, -0.05) is 0 Å². The van der Waals surface area contributed by atoms with Gasteiger partial charge in [0.2, 0.25) is 6.79 Å². The van der Waals surface area contributed by atoms with Crippen LogP contribution < -0.4 is 20.5 Å². The molecule has 0 saturated carbocycles. The maximum Gasteiger partial charge on any atom is 0.323 e. The lowest BCUT2D eigenvalue weighted by Crippen LogP contribution is -2.11. The second kappa shape index (κ2) is 4.66. The van der Waals surface area contributed by atoms with E-state index in [1.54, 1.807) is 36.4 Å². The predicted octanol–water partition coefficient (Wildman–Crippen LogP) is 1.84. The van der Waals surface area contributed by atoms with Crippen molar-refractivity contribution in [1.29, 1.82) is 0 Å². The molecule has 1 amide bonds. The van der Waals surface area contributed by atoms with Crippen molar-refractivity contribution in [3.05, 3.63) is 52.4 Å². The predicted molar refractivity (Wildman–Crippen MR) is 79.4 cm³/mol. The van der Waals surface area contributed by atoms with Crippen LogP contribution in [0.1, 0.15) is 10.4 Å². The fourth-order valence-corrected chi connectivity index (χ4v) is 2.35. The minimum Gasteiger partial charge on any atom is -0.454 e. The Hall–Kier alpha value is -3.22. The van der Waals surface area contributed by atoms with Crippen molar-refractivity contribution in [3.8, 4) is 11.5 Å². The third kappa shape index (κ3) is 2.08. The number of rotatable bonds is 2. The maximum atomic E-state index is 12.3. The van der Waals surface area contributed by atoms with Gasteiger partial charge in [-0.05, 0) is 30.3 Å². The zero-order valence-corrected chi connectivity index (χ0v) is 11.3. The van der Waals surface area contributed by atoms with Crippen LogP contribution in [0.25, 0.3) is 11.0 Å². The number of fused-ring (bicyclic) bond motifs is 2. The highest BCUT2D eigenvalue weighted by molar-refractivity contribution is 6.06. The van der Waals surface area contributed by atoms with E-state index in [9.17, 15) is 9.59 Å². The van der Waals surface area contributed by atoms with Crippen LogP contribution in [0.4, 0.5) is 5.69 Å². The number of carbonyl (C=O) groups is 1. The SMILES string of the molecule is O=C(Nc1ccc2c(c1)OCO2)c1ccc2[nH]c(=O)[nH]c2c1. The van der Waals surface area contributed by atoms with Gasteiger partial charge in [0.05, 0.1) is 11.0 Å². The molecule has 1 aliphatic heterocycles. The van der Waals surface area contributed by atoms with Gasteiger partial charge in [-0.3, -0.25) is 4.79 Å². The van der Waals surface area contributed by atoms with Crippen LogP contribution in [0.3, 0.4) is 0 Å². The van der Waals surface area contributed by atoms with E-state index in [2.05, 4.69) is 15.3 Å². The number of nitrogens with one attached hydrogen (secondary N) is 3. The van der Waals surface area contributed by atoms with Gasteiger partial charge in [-0.25, -0.2) is 4.79 Å². The number of aromatic amines is 2. The fraction of sp³-hybridized carbons (Fsp3) is 0.0667. The topological polar surface area (TPSA) is 96.2 Å². The smallest absolute Gasteiger partial charge is 0.323 e. The summed E-state index contributed by atoms with van der Waals surface area (Å²) in [5.41, 5.74) is 1.99. The molecule has 0 bridgehead atoms. The lowest BCUT2D eigenvalue weighted by atomic mass is 10.2. The molecule has 0 aliphatic carbocycles. The first-order valence-corrected chi connectivity index (χ1v) is 6.62. The van der Waals surface area contributed by atoms with E-state index < -0.39 is 0 Å². The van der Waals surface area contributed by atoms with Crippen LogP contribution in [-0.4, -0.2) is 22.7 Å².